The first-order chi connectivity index (χ1) is 16.0. The molecular weight excluding hydrogens is 519 g/mol. The fourth-order valence-electron chi connectivity index (χ4n) is 3.59. The van der Waals surface area contributed by atoms with Crippen molar-refractivity contribution in [2.45, 2.75) is 44.2 Å². The van der Waals surface area contributed by atoms with Gasteiger partial charge in [-0.25, -0.2) is 13.9 Å². The maximum atomic E-state index is 14.1. The Balaban J connectivity index is 2.25. The number of amides is 1. The molecule has 1 aromatic heterocycles. The molecule has 0 fully saturated rings. The molecular formula is C21H22BrFN4O7. The SMILES string of the molecule is CC(C)C(=O)N[C@H]1[C@H]([C@H](O)[C@H](O)CO)OC(C(=O)O)=C[C@@H]1n1nc2cc(F)c(Br)cc2c1C#N. The molecule has 34 heavy (non-hydrogen) atoms. The number of aliphatic hydroxyl groups is 3. The lowest BCUT2D eigenvalue weighted by molar-refractivity contribution is -0.147. The number of carboxylic acid groups (broad SMARTS) is 1. The van der Waals surface area contributed by atoms with E-state index in [1.807, 2.05) is 6.07 Å². The van der Waals surface area contributed by atoms with Gasteiger partial charge in [0.15, 0.2) is 0 Å². The van der Waals surface area contributed by atoms with Crippen molar-refractivity contribution in [3.8, 4) is 6.07 Å². The average Bonchev–Trinajstić information content (AvgIpc) is 3.14. The van der Waals surface area contributed by atoms with Gasteiger partial charge < -0.3 is 30.5 Å². The van der Waals surface area contributed by atoms with Gasteiger partial charge in [0.1, 0.15) is 35.9 Å². The number of nitriles is 1. The lowest BCUT2D eigenvalue weighted by atomic mass is 9.91. The number of halogens is 2. The van der Waals surface area contributed by atoms with Crippen molar-refractivity contribution in [3.63, 3.8) is 0 Å². The Kier molecular flexibility index (Phi) is 7.57. The molecule has 0 unspecified atom stereocenters. The zero-order valence-corrected chi connectivity index (χ0v) is 19.6. The highest BCUT2D eigenvalue weighted by atomic mass is 79.9. The number of benzene rings is 1. The van der Waals surface area contributed by atoms with Crippen molar-refractivity contribution < 1.29 is 39.1 Å². The van der Waals surface area contributed by atoms with Crippen LogP contribution in [0.1, 0.15) is 25.6 Å². The second-order valence-corrected chi connectivity index (χ2v) is 8.88. The molecule has 1 aromatic carbocycles. The summed E-state index contributed by atoms with van der Waals surface area (Å²) >= 11 is 3.05. The van der Waals surface area contributed by atoms with Crippen molar-refractivity contribution in [1.82, 2.24) is 15.1 Å². The van der Waals surface area contributed by atoms with Crippen molar-refractivity contribution in [1.29, 1.82) is 5.26 Å². The summed E-state index contributed by atoms with van der Waals surface area (Å²) in [4.78, 5) is 24.3. The van der Waals surface area contributed by atoms with Crippen LogP contribution in [0.25, 0.3) is 10.9 Å². The van der Waals surface area contributed by atoms with E-state index < -0.39 is 66.4 Å². The molecule has 0 radical (unpaired) electrons. The minimum atomic E-state index is -1.82. The molecule has 5 N–H and O–H groups in total. The summed E-state index contributed by atoms with van der Waals surface area (Å²) in [5, 5.41) is 56.5. The van der Waals surface area contributed by atoms with Crippen molar-refractivity contribution >= 4 is 38.7 Å². The standard InChI is InChI=1S/C21H22BrFN4O7/c1-8(2)20(31)25-17-13(5-16(21(32)33)34-19(17)18(30)15(29)7-28)27-14(6-24)9-3-10(22)11(23)4-12(9)26-27/h3-5,8,13,15,17-19,28-30H,7H2,1-2H3,(H,25,31)(H,32,33)/t13-,15+,17+,18+,19+/m0/s1. The van der Waals surface area contributed by atoms with Crippen molar-refractivity contribution in [2.75, 3.05) is 6.61 Å². The van der Waals surface area contributed by atoms with Gasteiger partial charge in [0.2, 0.25) is 11.7 Å². The Morgan fingerprint density at radius 2 is 2.06 bits per heavy atom. The van der Waals surface area contributed by atoms with Gasteiger partial charge in [0.05, 0.1) is 28.7 Å². The normalized spacial score (nSPS) is 22.0. The molecule has 2 heterocycles. The predicted molar refractivity (Wildman–Crippen MR) is 118 cm³/mol. The van der Waals surface area contributed by atoms with Crippen molar-refractivity contribution in [3.05, 3.63) is 40.0 Å². The van der Waals surface area contributed by atoms with Crippen molar-refractivity contribution in [2.24, 2.45) is 5.92 Å². The number of nitrogens with zero attached hydrogens (tertiary/aromatic N) is 3. The molecule has 0 saturated carbocycles. The van der Waals surface area contributed by atoms with Crippen LogP contribution in [0.15, 0.2) is 28.4 Å². The Morgan fingerprint density at radius 1 is 1.38 bits per heavy atom. The Morgan fingerprint density at radius 3 is 2.62 bits per heavy atom. The van der Waals surface area contributed by atoms with Gasteiger partial charge in [-0.15, -0.1) is 0 Å². The number of carbonyl (C=O) groups is 2. The number of hydrogen-bond acceptors (Lipinski definition) is 8. The number of carboxylic acids is 1. The molecule has 0 saturated heterocycles. The second-order valence-electron chi connectivity index (χ2n) is 8.03. The predicted octanol–water partition coefficient (Wildman–Crippen LogP) is 0.573. The number of fused-ring (bicyclic) bond motifs is 1. The van der Waals surface area contributed by atoms with Gasteiger partial charge in [-0.05, 0) is 28.1 Å². The molecule has 0 spiro atoms. The van der Waals surface area contributed by atoms with Gasteiger partial charge in [-0.1, -0.05) is 13.8 Å². The van der Waals surface area contributed by atoms with Gasteiger partial charge in [-0.2, -0.15) is 10.4 Å². The average molecular weight is 541 g/mol. The van der Waals surface area contributed by atoms with Crippen LogP contribution in [0.2, 0.25) is 0 Å². The summed E-state index contributed by atoms with van der Waals surface area (Å²) < 4.78 is 20.7. The number of carbonyl (C=O) groups excluding carboxylic acids is 1. The van der Waals surface area contributed by atoms with E-state index in [4.69, 9.17) is 4.74 Å². The van der Waals surface area contributed by atoms with Crippen LogP contribution in [0.5, 0.6) is 0 Å². The molecule has 13 heteroatoms. The Hall–Kier alpha value is -3.05. The smallest absolute Gasteiger partial charge is 0.370 e. The molecule has 0 bridgehead atoms. The van der Waals surface area contributed by atoms with Gasteiger partial charge in [0, 0.05) is 17.4 Å². The fourth-order valence-corrected chi connectivity index (χ4v) is 3.93. The molecule has 182 valence electrons. The number of nitrogens with one attached hydrogen (secondary N) is 1. The van der Waals surface area contributed by atoms with E-state index in [0.29, 0.717) is 0 Å². The summed E-state index contributed by atoms with van der Waals surface area (Å²) in [7, 11) is 0. The summed E-state index contributed by atoms with van der Waals surface area (Å²) in [5.74, 6) is -3.81. The molecule has 2 aromatic rings. The van der Waals surface area contributed by atoms with E-state index in [9.17, 15) is 39.7 Å². The number of ether oxygens (including phenoxy) is 1. The summed E-state index contributed by atoms with van der Waals surface area (Å²) in [6.07, 6.45) is -4.00. The van der Waals surface area contributed by atoms with Crippen LogP contribution in [0.3, 0.4) is 0 Å². The van der Waals surface area contributed by atoms with Crippen LogP contribution in [0, 0.1) is 23.1 Å². The van der Waals surface area contributed by atoms with Crippen LogP contribution < -0.4 is 5.32 Å². The molecule has 1 aliphatic heterocycles. The molecule has 5 atom stereocenters. The van der Waals surface area contributed by atoms with Crippen LogP contribution in [-0.4, -0.2) is 73.0 Å². The monoisotopic (exact) mass is 540 g/mol. The minimum absolute atomic E-state index is 0.0664. The first-order valence-corrected chi connectivity index (χ1v) is 11.0. The van der Waals surface area contributed by atoms with Gasteiger partial charge in [-0.3, -0.25) is 4.79 Å². The number of aliphatic hydroxyl groups excluding tert-OH is 3. The maximum Gasteiger partial charge on any atom is 0.370 e. The van der Waals surface area contributed by atoms with Crippen LogP contribution in [0.4, 0.5) is 4.39 Å². The van der Waals surface area contributed by atoms with E-state index in [1.165, 1.54) is 6.07 Å². The van der Waals surface area contributed by atoms with Gasteiger partial charge >= 0.3 is 5.97 Å². The Labute approximate surface area is 201 Å². The number of rotatable bonds is 7. The molecule has 1 aliphatic rings. The van der Waals surface area contributed by atoms with E-state index in [-0.39, 0.29) is 21.1 Å². The quantitative estimate of drug-likeness (QED) is 0.335. The molecule has 0 aliphatic carbocycles. The van der Waals surface area contributed by atoms with Crippen LogP contribution >= 0.6 is 15.9 Å². The van der Waals surface area contributed by atoms with E-state index in [0.717, 1.165) is 16.8 Å². The highest BCUT2D eigenvalue weighted by Crippen LogP contribution is 2.34. The third kappa shape index (κ3) is 4.76. The lowest BCUT2D eigenvalue weighted by Crippen LogP contribution is -2.59. The fraction of sp³-hybridized carbons (Fsp3) is 0.429. The topological polar surface area (TPSA) is 178 Å². The zero-order chi connectivity index (χ0) is 25.3. The third-order valence-corrected chi connectivity index (χ3v) is 6.00. The van der Waals surface area contributed by atoms with E-state index in [2.05, 4.69) is 26.3 Å². The first kappa shape index (κ1) is 25.6. The number of aliphatic carboxylic acids is 1. The Bertz CT molecular complexity index is 1190. The third-order valence-electron chi connectivity index (χ3n) is 5.40. The van der Waals surface area contributed by atoms with Gasteiger partial charge in [0.25, 0.3) is 0 Å². The van der Waals surface area contributed by atoms with Crippen LogP contribution in [-0.2, 0) is 14.3 Å². The van der Waals surface area contributed by atoms with E-state index in [1.54, 1.807) is 13.8 Å². The lowest BCUT2D eigenvalue weighted by Gasteiger charge is -2.40. The summed E-state index contributed by atoms with van der Waals surface area (Å²) in [5.41, 5.74) is 0.0266. The summed E-state index contributed by atoms with van der Waals surface area (Å²) in [6, 6.07) is 1.96. The number of aromatic nitrogens is 2. The highest BCUT2D eigenvalue weighted by molar-refractivity contribution is 9.10. The maximum absolute atomic E-state index is 14.1. The summed E-state index contributed by atoms with van der Waals surface area (Å²) in [6.45, 7) is 2.33. The largest absolute Gasteiger partial charge is 0.478 e. The molecule has 11 nitrogen and oxygen atoms in total. The number of hydrogen-bond donors (Lipinski definition) is 5. The first-order valence-electron chi connectivity index (χ1n) is 10.2. The minimum Gasteiger partial charge on any atom is -0.478 e. The molecule has 3 rings (SSSR count). The van der Waals surface area contributed by atoms with E-state index >= 15 is 0 Å². The second kappa shape index (κ2) is 10.1. The molecule has 1 amide bonds. The highest BCUT2D eigenvalue weighted by Gasteiger charge is 2.45. The zero-order valence-electron chi connectivity index (χ0n) is 18.0.